The van der Waals surface area contributed by atoms with Crippen molar-refractivity contribution in [2.45, 2.75) is 29.9 Å². The van der Waals surface area contributed by atoms with E-state index in [-0.39, 0.29) is 5.56 Å². The number of aromatic amines is 1. The molecule has 106 valence electrons. The van der Waals surface area contributed by atoms with Crippen LogP contribution >= 0.6 is 11.8 Å². The van der Waals surface area contributed by atoms with Gasteiger partial charge in [0.15, 0.2) is 5.16 Å². The maximum absolute atomic E-state index is 11.6. The van der Waals surface area contributed by atoms with Crippen LogP contribution in [0, 0.1) is 0 Å². The van der Waals surface area contributed by atoms with Crippen molar-refractivity contribution in [3.05, 3.63) is 28.4 Å². The van der Waals surface area contributed by atoms with Crippen LogP contribution < -0.4 is 16.0 Å². The van der Waals surface area contributed by atoms with Crippen LogP contribution in [-0.2, 0) is 6.42 Å². The van der Waals surface area contributed by atoms with Gasteiger partial charge < -0.3 is 15.5 Å². The van der Waals surface area contributed by atoms with E-state index in [1.165, 1.54) is 31.3 Å². The van der Waals surface area contributed by atoms with Crippen molar-refractivity contribution in [1.29, 1.82) is 0 Å². The van der Waals surface area contributed by atoms with E-state index in [1.807, 2.05) is 6.92 Å². The van der Waals surface area contributed by atoms with Crippen LogP contribution in [0.5, 0.6) is 5.88 Å². The molecular weight excluding hydrogens is 278 g/mol. The lowest BCUT2D eigenvalue weighted by atomic mass is 10.2. The third-order valence-electron chi connectivity index (χ3n) is 2.48. The molecule has 0 radical (unpaired) electrons. The van der Waals surface area contributed by atoms with Crippen molar-refractivity contribution in [1.82, 2.24) is 19.9 Å². The summed E-state index contributed by atoms with van der Waals surface area (Å²) in [5.74, 6) is 0.301. The Labute approximate surface area is 120 Å². The standard InChI is InChI=1S/C12H15N5O2S/c1-3-4-7-5-8(18)17-12(16-7)20-11-9(13)10(19-2)14-6-15-11/h5-6H,3-4,13H2,1-2H3,(H,16,17,18). The summed E-state index contributed by atoms with van der Waals surface area (Å²) >= 11 is 1.18. The molecule has 7 nitrogen and oxygen atoms in total. The Balaban J connectivity index is 2.32. The number of nitrogen functional groups attached to an aromatic ring is 1. The van der Waals surface area contributed by atoms with E-state index in [1.54, 1.807) is 0 Å². The first kappa shape index (κ1) is 14.3. The van der Waals surface area contributed by atoms with Gasteiger partial charge in [0.05, 0.1) is 7.11 Å². The molecule has 0 saturated heterocycles. The summed E-state index contributed by atoms with van der Waals surface area (Å²) < 4.78 is 5.03. The van der Waals surface area contributed by atoms with Crippen LogP contribution in [0.2, 0.25) is 0 Å². The molecule has 2 heterocycles. The van der Waals surface area contributed by atoms with E-state index in [0.29, 0.717) is 21.7 Å². The van der Waals surface area contributed by atoms with Gasteiger partial charge in [-0.1, -0.05) is 13.3 Å². The Morgan fingerprint density at radius 3 is 2.95 bits per heavy atom. The van der Waals surface area contributed by atoms with Crippen LogP contribution in [0.1, 0.15) is 19.0 Å². The number of nitrogens with one attached hydrogen (secondary N) is 1. The van der Waals surface area contributed by atoms with E-state index < -0.39 is 0 Å². The van der Waals surface area contributed by atoms with Gasteiger partial charge in [-0.3, -0.25) is 4.79 Å². The fourth-order valence-corrected chi connectivity index (χ4v) is 2.41. The van der Waals surface area contributed by atoms with Gasteiger partial charge in [0.1, 0.15) is 17.0 Å². The van der Waals surface area contributed by atoms with Gasteiger partial charge in [0.2, 0.25) is 5.88 Å². The van der Waals surface area contributed by atoms with Crippen molar-refractivity contribution in [3.8, 4) is 5.88 Å². The Kier molecular flexibility index (Phi) is 4.57. The highest BCUT2D eigenvalue weighted by Crippen LogP contribution is 2.31. The van der Waals surface area contributed by atoms with E-state index in [9.17, 15) is 4.79 Å². The number of methoxy groups -OCH3 is 1. The number of hydrogen-bond acceptors (Lipinski definition) is 7. The highest BCUT2D eigenvalue weighted by Gasteiger charge is 2.11. The second kappa shape index (κ2) is 6.38. The molecule has 0 spiro atoms. The van der Waals surface area contributed by atoms with E-state index in [2.05, 4.69) is 19.9 Å². The predicted molar refractivity (Wildman–Crippen MR) is 76.0 cm³/mol. The molecule has 0 saturated carbocycles. The first-order valence-corrected chi connectivity index (χ1v) is 6.88. The van der Waals surface area contributed by atoms with Crippen molar-refractivity contribution in [2.24, 2.45) is 0 Å². The molecule has 0 aromatic carbocycles. The van der Waals surface area contributed by atoms with Crippen LogP contribution in [0.3, 0.4) is 0 Å². The molecule has 0 amide bonds. The number of aryl methyl sites for hydroxylation is 1. The van der Waals surface area contributed by atoms with E-state index in [4.69, 9.17) is 10.5 Å². The highest BCUT2D eigenvalue weighted by molar-refractivity contribution is 7.99. The maximum atomic E-state index is 11.6. The maximum Gasteiger partial charge on any atom is 0.251 e. The fourth-order valence-electron chi connectivity index (χ4n) is 1.62. The average molecular weight is 293 g/mol. The Bertz CT molecular complexity index is 659. The molecule has 8 heteroatoms. The number of nitrogens with two attached hydrogens (primary N) is 1. The smallest absolute Gasteiger partial charge is 0.251 e. The van der Waals surface area contributed by atoms with Gasteiger partial charge in [-0.2, -0.15) is 4.98 Å². The Hall–Kier alpha value is -2.09. The fraction of sp³-hybridized carbons (Fsp3) is 0.333. The molecule has 2 aromatic rings. The number of ether oxygens (including phenoxy) is 1. The zero-order valence-electron chi connectivity index (χ0n) is 11.2. The summed E-state index contributed by atoms with van der Waals surface area (Å²) in [4.78, 5) is 26.6. The average Bonchev–Trinajstić information content (AvgIpc) is 2.41. The summed E-state index contributed by atoms with van der Waals surface area (Å²) in [5, 5.41) is 0.946. The summed E-state index contributed by atoms with van der Waals surface area (Å²) in [7, 11) is 1.48. The SMILES string of the molecule is CCCc1cc(=O)[nH]c(Sc2ncnc(OC)c2N)n1. The zero-order valence-corrected chi connectivity index (χ0v) is 12.0. The minimum atomic E-state index is -0.189. The monoisotopic (exact) mass is 293 g/mol. The lowest BCUT2D eigenvalue weighted by Gasteiger charge is -2.07. The molecule has 0 fully saturated rings. The van der Waals surface area contributed by atoms with Crippen LogP contribution in [0.25, 0.3) is 0 Å². The molecule has 2 aromatic heterocycles. The van der Waals surface area contributed by atoms with E-state index >= 15 is 0 Å². The lowest BCUT2D eigenvalue weighted by Crippen LogP contribution is -2.10. The third-order valence-corrected chi connectivity index (χ3v) is 3.38. The van der Waals surface area contributed by atoms with Gasteiger partial charge in [0.25, 0.3) is 5.56 Å². The summed E-state index contributed by atoms with van der Waals surface area (Å²) in [6.45, 7) is 2.03. The minimum absolute atomic E-state index is 0.189. The topological polar surface area (TPSA) is 107 Å². The van der Waals surface area contributed by atoms with Gasteiger partial charge >= 0.3 is 0 Å². The highest BCUT2D eigenvalue weighted by atomic mass is 32.2. The lowest BCUT2D eigenvalue weighted by molar-refractivity contribution is 0.397. The molecular formula is C12H15N5O2S. The van der Waals surface area contributed by atoms with Crippen LogP contribution in [0.15, 0.2) is 27.4 Å². The number of H-pyrrole nitrogens is 1. The summed E-state index contributed by atoms with van der Waals surface area (Å²) in [6.07, 6.45) is 3.02. The molecule has 0 aliphatic heterocycles. The molecule has 20 heavy (non-hydrogen) atoms. The van der Waals surface area contributed by atoms with Gasteiger partial charge in [-0.05, 0) is 18.2 Å². The second-order valence-corrected chi connectivity index (χ2v) is 4.97. The Morgan fingerprint density at radius 2 is 2.25 bits per heavy atom. The quantitative estimate of drug-likeness (QED) is 0.631. The largest absolute Gasteiger partial charge is 0.479 e. The van der Waals surface area contributed by atoms with Crippen LogP contribution in [-0.4, -0.2) is 27.0 Å². The van der Waals surface area contributed by atoms with Crippen molar-refractivity contribution in [2.75, 3.05) is 12.8 Å². The van der Waals surface area contributed by atoms with Crippen molar-refractivity contribution < 1.29 is 4.74 Å². The molecule has 0 unspecified atom stereocenters. The van der Waals surface area contributed by atoms with Crippen molar-refractivity contribution >= 4 is 17.4 Å². The number of rotatable bonds is 5. The van der Waals surface area contributed by atoms with Gasteiger partial charge in [-0.25, -0.2) is 9.97 Å². The van der Waals surface area contributed by atoms with Crippen molar-refractivity contribution in [3.63, 3.8) is 0 Å². The summed E-state index contributed by atoms with van der Waals surface area (Å²) in [6, 6.07) is 1.50. The second-order valence-electron chi connectivity index (χ2n) is 4.00. The normalized spacial score (nSPS) is 10.5. The molecule has 0 atom stereocenters. The van der Waals surface area contributed by atoms with Gasteiger partial charge in [-0.15, -0.1) is 0 Å². The zero-order chi connectivity index (χ0) is 14.5. The minimum Gasteiger partial charge on any atom is -0.479 e. The number of hydrogen-bond donors (Lipinski definition) is 2. The van der Waals surface area contributed by atoms with Crippen LogP contribution in [0.4, 0.5) is 5.69 Å². The number of anilines is 1. The first-order valence-electron chi connectivity index (χ1n) is 6.06. The molecule has 2 rings (SSSR count). The number of aromatic nitrogens is 4. The first-order chi connectivity index (χ1) is 9.63. The third kappa shape index (κ3) is 3.27. The molecule has 0 aliphatic rings. The number of nitrogens with zero attached hydrogens (tertiary/aromatic N) is 3. The summed E-state index contributed by atoms with van der Waals surface area (Å²) in [5.41, 5.74) is 6.77. The Morgan fingerprint density at radius 1 is 1.45 bits per heavy atom. The molecule has 0 bridgehead atoms. The van der Waals surface area contributed by atoms with Gasteiger partial charge in [0, 0.05) is 11.8 Å². The molecule has 0 aliphatic carbocycles. The predicted octanol–water partition coefficient (Wildman–Crippen LogP) is 1.25. The van der Waals surface area contributed by atoms with E-state index in [0.717, 1.165) is 18.5 Å². The molecule has 3 N–H and O–H groups in total.